The number of rotatable bonds is 2. The first kappa shape index (κ1) is 14.8. The summed E-state index contributed by atoms with van der Waals surface area (Å²) >= 11 is 0. The van der Waals surface area contributed by atoms with Crippen molar-refractivity contribution in [2.75, 3.05) is 6.61 Å². The van der Waals surface area contributed by atoms with E-state index in [1.807, 2.05) is 0 Å². The van der Waals surface area contributed by atoms with Gasteiger partial charge in [0.15, 0.2) is 6.23 Å². The van der Waals surface area contributed by atoms with E-state index in [4.69, 9.17) is 9.84 Å². The molecule has 10 heteroatoms. The van der Waals surface area contributed by atoms with E-state index in [0.29, 0.717) is 10.8 Å². The van der Waals surface area contributed by atoms with Crippen LogP contribution in [-0.2, 0) is 4.74 Å². The van der Waals surface area contributed by atoms with E-state index in [0.717, 1.165) is 0 Å². The molecule has 1 aliphatic rings. The summed E-state index contributed by atoms with van der Waals surface area (Å²) in [5, 5.41) is 37.9. The minimum Gasteiger partial charge on any atom is -0.394 e. The number of hydrogen-bond acceptors (Lipinski definition) is 7. The van der Waals surface area contributed by atoms with E-state index in [2.05, 4.69) is 0 Å². The number of hydrogen-bond donors (Lipinski definition) is 5. The number of nitrogens with one attached hydrogen (secondary N) is 1. The van der Waals surface area contributed by atoms with Crippen molar-refractivity contribution < 1.29 is 29.6 Å². The highest BCUT2D eigenvalue weighted by molar-refractivity contribution is 4.95. The van der Waals surface area contributed by atoms with E-state index in [1.54, 1.807) is 4.98 Å². The van der Waals surface area contributed by atoms with Crippen LogP contribution in [0.5, 0.6) is 0 Å². The normalized spacial score (nSPS) is 34.1. The molecule has 2 rings (SSSR count). The SMILES string of the molecule is O=c1[nH]c(=O)n(C2OC(CO)C(O)C(O)C2O)cc1[18F]. The number of halogens is 1. The fourth-order valence-electron chi connectivity index (χ4n) is 1.96. The maximum Gasteiger partial charge on any atom is 0.330 e. The number of aromatic nitrogens is 2. The first-order valence-electron chi connectivity index (χ1n) is 5.68. The zero-order valence-corrected chi connectivity index (χ0v) is 10.0. The Kier molecular flexibility index (Phi) is 4.01. The third kappa shape index (κ3) is 2.39. The average molecular weight is 291 g/mol. The summed E-state index contributed by atoms with van der Waals surface area (Å²) in [5.74, 6) is -1.29. The summed E-state index contributed by atoms with van der Waals surface area (Å²) < 4.78 is 18.8. The lowest BCUT2D eigenvalue weighted by Gasteiger charge is -2.40. The maximum atomic E-state index is 13.2. The van der Waals surface area contributed by atoms with Crippen molar-refractivity contribution in [3.63, 3.8) is 0 Å². The second-order valence-corrected chi connectivity index (χ2v) is 4.36. The van der Waals surface area contributed by atoms with Gasteiger partial charge in [0.2, 0.25) is 5.82 Å². The van der Waals surface area contributed by atoms with Crippen LogP contribution in [0.4, 0.5) is 4.39 Å². The molecule has 1 aromatic rings. The molecule has 112 valence electrons. The predicted octanol–water partition coefficient (Wildman–Crippen LogP) is -3.35. The lowest BCUT2D eigenvalue weighted by atomic mass is 9.98. The van der Waals surface area contributed by atoms with Crippen molar-refractivity contribution in [2.24, 2.45) is 0 Å². The summed E-state index contributed by atoms with van der Waals surface area (Å²) in [5.41, 5.74) is -2.31. The van der Waals surface area contributed by atoms with Gasteiger partial charge in [0.25, 0.3) is 5.56 Å². The Hall–Kier alpha value is -1.59. The Balaban J connectivity index is 2.44. The molecule has 0 amide bonds. The van der Waals surface area contributed by atoms with Gasteiger partial charge in [0, 0.05) is 0 Å². The number of aliphatic hydroxyl groups is 4. The van der Waals surface area contributed by atoms with Gasteiger partial charge in [-0.05, 0) is 0 Å². The van der Waals surface area contributed by atoms with Gasteiger partial charge in [-0.2, -0.15) is 4.39 Å². The standard InChI is InChI=1S/C10H13FN2O7/c11-3-1-13(10(19)12-8(3)18)9-7(17)6(16)5(15)4(2-14)20-9/h1,4-7,9,14-17H,2H2,(H,12,18,19)/i11-1. The fraction of sp³-hybridized carbons (Fsp3) is 0.600. The topological polar surface area (TPSA) is 145 Å². The Morgan fingerprint density at radius 3 is 2.50 bits per heavy atom. The largest absolute Gasteiger partial charge is 0.394 e. The van der Waals surface area contributed by atoms with Crippen molar-refractivity contribution in [1.29, 1.82) is 0 Å². The molecule has 1 fully saturated rings. The van der Waals surface area contributed by atoms with Crippen LogP contribution in [0.25, 0.3) is 0 Å². The zero-order chi connectivity index (χ0) is 15.0. The van der Waals surface area contributed by atoms with Crippen LogP contribution in [0.2, 0.25) is 0 Å². The summed E-state index contributed by atoms with van der Waals surface area (Å²) in [6.45, 7) is -0.692. The molecule has 0 bridgehead atoms. The van der Waals surface area contributed by atoms with E-state index < -0.39 is 54.3 Å². The number of aliphatic hydroxyl groups excluding tert-OH is 4. The van der Waals surface area contributed by atoms with Crippen LogP contribution in [0, 0.1) is 5.82 Å². The molecule has 9 nitrogen and oxygen atoms in total. The van der Waals surface area contributed by atoms with Crippen LogP contribution < -0.4 is 11.2 Å². The molecule has 0 aromatic carbocycles. The number of H-pyrrole nitrogens is 1. The fourth-order valence-corrected chi connectivity index (χ4v) is 1.96. The molecule has 5 N–H and O–H groups in total. The van der Waals surface area contributed by atoms with Gasteiger partial charge in [-0.3, -0.25) is 14.3 Å². The molecule has 20 heavy (non-hydrogen) atoms. The highest BCUT2D eigenvalue weighted by Crippen LogP contribution is 2.27. The van der Waals surface area contributed by atoms with Gasteiger partial charge in [0.1, 0.15) is 24.4 Å². The second kappa shape index (κ2) is 5.42. The van der Waals surface area contributed by atoms with Crippen LogP contribution in [-0.4, -0.2) is 61.0 Å². The summed E-state index contributed by atoms with van der Waals surface area (Å²) in [6.07, 6.45) is -7.38. The lowest BCUT2D eigenvalue weighted by Crippen LogP contribution is -2.58. The first-order chi connectivity index (χ1) is 9.36. The summed E-state index contributed by atoms with van der Waals surface area (Å²) in [4.78, 5) is 24.1. The van der Waals surface area contributed by atoms with Gasteiger partial charge >= 0.3 is 5.69 Å². The molecule has 0 saturated carbocycles. The number of aromatic amines is 1. The summed E-state index contributed by atoms with van der Waals surface area (Å²) in [7, 11) is 0. The van der Waals surface area contributed by atoms with Gasteiger partial charge in [-0.1, -0.05) is 0 Å². The van der Waals surface area contributed by atoms with Crippen molar-refractivity contribution in [2.45, 2.75) is 30.6 Å². The minimum absolute atomic E-state index is 0.508. The van der Waals surface area contributed by atoms with Crippen molar-refractivity contribution in [1.82, 2.24) is 9.55 Å². The quantitative estimate of drug-likeness (QED) is 0.383. The van der Waals surface area contributed by atoms with Crippen molar-refractivity contribution >= 4 is 0 Å². The zero-order valence-electron chi connectivity index (χ0n) is 10.0. The molecular weight excluding hydrogens is 278 g/mol. The summed E-state index contributed by atoms with van der Waals surface area (Å²) in [6, 6.07) is 0. The van der Waals surface area contributed by atoms with Crippen LogP contribution in [0.15, 0.2) is 15.8 Å². The molecule has 1 saturated heterocycles. The molecule has 2 heterocycles. The molecule has 0 spiro atoms. The molecule has 5 atom stereocenters. The molecule has 1 aliphatic heterocycles. The Bertz CT molecular complexity index is 598. The van der Waals surface area contributed by atoms with Crippen molar-refractivity contribution in [3.05, 3.63) is 32.9 Å². The third-order valence-corrected chi connectivity index (χ3v) is 3.07. The number of ether oxygens (including phenoxy) is 1. The van der Waals surface area contributed by atoms with Gasteiger partial charge in [-0.15, -0.1) is 0 Å². The Labute approximate surface area is 110 Å². The van der Waals surface area contributed by atoms with E-state index >= 15 is 0 Å². The van der Waals surface area contributed by atoms with E-state index in [1.165, 1.54) is 0 Å². The highest BCUT2D eigenvalue weighted by atomic mass is 18.2. The molecular formula is C10H13FN2O7. The molecule has 1 aromatic heterocycles. The Morgan fingerprint density at radius 2 is 1.90 bits per heavy atom. The average Bonchev–Trinajstić information content (AvgIpc) is 2.41. The van der Waals surface area contributed by atoms with E-state index in [9.17, 15) is 29.3 Å². The van der Waals surface area contributed by atoms with Crippen LogP contribution in [0.3, 0.4) is 0 Å². The van der Waals surface area contributed by atoms with E-state index in [-0.39, 0.29) is 0 Å². The monoisotopic (exact) mass is 291 g/mol. The Morgan fingerprint density at radius 1 is 1.25 bits per heavy atom. The van der Waals surface area contributed by atoms with Crippen molar-refractivity contribution in [3.8, 4) is 0 Å². The molecule has 0 radical (unpaired) electrons. The van der Waals surface area contributed by atoms with Gasteiger partial charge < -0.3 is 25.2 Å². The van der Waals surface area contributed by atoms with Gasteiger partial charge in [-0.25, -0.2) is 4.79 Å². The highest BCUT2D eigenvalue weighted by Gasteiger charge is 2.44. The smallest absolute Gasteiger partial charge is 0.330 e. The predicted molar refractivity (Wildman–Crippen MR) is 60.3 cm³/mol. The maximum absolute atomic E-state index is 13.2. The lowest BCUT2D eigenvalue weighted by molar-refractivity contribution is -0.252. The molecule has 5 unspecified atom stereocenters. The molecule has 0 aliphatic carbocycles. The minimum atomic E-state index is -1.75. The van der Waals surface area contributed by atoms with Gasteiger partial charge in [0.05, 0.1) is 12.8 Å². The number of nitrogens with zero attached hydrogens (tertiary/aromatic N) is 1. The first-order valence-corrected chi connectivity index (χ1v) is 5.68. The van der Waals surface area contributed by atoms with Crippen LogP contribution in [0.1, 0.15) is 6.23 Å². The van der Waals surface area contributed by atoms with Crippen LogP contribution >= 0.6 is 0 Å². The third-order valence-electron chi connectivity index (χ3n) is 3.07. The second-order valence-electron chi connectivity index (χ2n) is 4.36.